The molecule has 0 aliphatic rings. The predicted molar refractivity (Wildman–Crippen MR) is 50.5 cm³/mol. The van der Waals surface area contributed by atoms with Gasteiger partial charge < -0.3 is 0 Å². The molecule has 0 bridgehead atoms. The molecule has 1 heterocycles. The number of fused-ring (bicyclic) bond motifs is 1. The molecule has 0 aliphatic carbocycles. The summed E-state index contributed by atoms with van der Waals surface area (Å²) >= 11 is 5.86. The maximum atomic E-state index is 5.86. The van der Waals surface area contributed by atoms with Crippen LogP contribution in [0.2, 0.25) is 5.02 Å². The van der Waals surface area contributed by atoms with Gasteiger partial charge in [0.1, 0.15) is 0 Å². The molecule has 2 nitrogen and oxygen atoms in total. The molecular formula is C9H9ClN2. The molecule has 0 atom stereocenters. The van der Waals surface area contributed by atoms with E-state index in [-0.39, 0.29) is 0 Å². The minimum absolute atomic E-state index is 0.763. The number of halogens is 1. The van der Waals surface area contributed by atoms with E-state index in [1.54, 1.807) is 0 Å². The van der Waals surface area contributed by atoms with Crippen LogP contribution in [0.3, 0.4) is 0 Å². The average molecular weight is 181 g/mol. The van der Waals surface area contributed by atoms with E-state index in [4.69, 9.17) is 11.6 Å². The van der Waals surface area contributed by atoms with Crippen LogP contribution in [0, 0.1) is 6.92 Å². The number of nitrogens with zero attached hydrogens (tertiary/aromatic N) is 2. The van der Waals surface area contributed by atoms with E-state index >= 15 is 0 Å². The van der Waals surface area contributed by atoms with E-state index in [0.29, 0.717) is 0 Å². The van der Waals surface area contributed by atoms with E-state index in [2.05, 4.69) is 5.10 Å². The second kappa shape index (κ2) is 2.49. The van der Waals surface area contributed by atoms with Crippen LogP contribution >= 0.6 is 11.6 Å². The van der Waals surface area contributed by atoms with E-state index in [9.17, 15) is 0 Å². The molecule has 0 saturated carbocycles. The molecule has 1 aromatic heterocycles. The van der Waals surface area contributed by atoms with Crippen molar-refractivity contribution in [1.82, 2.24) is 9.78 Å². The monoisotopic (exact) mass is 180 g/mol. The van der Waals surface area contributed by atoms with Crippen LogP contribution in [0.25, 0.3) is 10.9 Å². The van der Waals surface area contributed by atoms with Gasteiger partial charge in [-0.1, -0.05) is 11.6 Å². The predicted octanol–water partition coefficient (Wildman–Crippen LogP) is 2.54. The normalized spacial score (nSPS) is 10.9. The molecule has 0 radical (unpaired) electrons. The van der Waals surface area contributed by atoms with Gasteiger partial charge >= 0.3 is 0 Å². The molecule has 3 heteroatoms. The molecule has 12 heavy (non-hydrogen) atoms. The van der Waals surface area contributed by atoms with E-state index in [1.807, 2.05) is 36.9 Å². The fourth-order valence-electron chi connectivity index (χ4n) is 1.41. The van der Waals surface area contributed by atoms with Crippen LogP contribution in [0.15, 0.2) is 18.2 Å². The second-order valence-corrected chi connectivity index (χ2v) is 3.31. The standard InChI is InChI=1S/C9H9ClN2/c1-6-8-5-7(10)3-4-9(8)12(2)11-6/h3-5H,1-2H3. The van der Waals surface area contributed by atoms with Crippen molar-refractivity contribution in [2.45, 2.75) is 6.92 Å². The quantitative estimate of drug-likeness (QED) is 0.609. The Hall–Kier alpha value is -1.02. The van der Waals surface area contributed by atoms with Gasteiger partial charge in [0.25, 0.3) is 0 Å². The fourth-order valence-corrected chi connectivity index (χ4v) is 1.59. The molecule has 0 N–H and O–H groups in total. The van der Waals surface area contributed by atoms with E-state index < -0.39 is 0 Å². The molecule has 62 valence electrons. The zero-order valence-electron chi connectivity index (χ0n) is 7.00. The van der Waals surface area contributed by atoms with Crippen molar-refractivity contribution in [2.75, 3.05) is 0 Å². The summed E-state index contributed by atoms with van der Waals surface area (Å²) in [5.74, 6) is 0. The zero-order valence-corrected chi connectivity index (χ0v) is 7.76. The highest BCUT2D eigenvalue weighted by Gasteiger charge is 2.03. The molecule has 0 fully saturated rings. The minimum Gasteiger partial charge on any atom is -0.268 e. The SMILES string of the molecule is Cc1nn(C)c2ccc(Cl)cc12. The Bertz CT molecular complexity index is 431. The summed E-state index contributed by atoms with van der Waals surface area (Å²) in [7, 11) is 1.93. The summed E-state index contributed by atoms with van der Waals surface area (Å²) in [5.41, 5.74) is 2.15. The largest absolute Gasteiger partial charge is 0.268 e. The smallest absolute Gasteiger partial charge is 0.0682 e. The average Bonchev–Trinajstić information content (AvgIpc) is 2.28. The van der Waals surface area contributed by atoms with Gasteiger partial charge in [0.15, 0.2) is 0 Å². The summed E-state index contributed by atoms with van der Waals surface area (Å²) < 4.78 is 1.86. The van der Waals surface area contributed by atoms with Gasteiger partial charge in [0.2, 0.25) is 0 Å². The van der Waals surface area contributed by atoms with Crippen molar-refractivity contribution in [3.63, 3.8) is 0 Å². The lowest BCUT2D eigenvalue weighted by Gasteiger charge is -1.93. The first-order chi connectivity index (χ1) is 5.68. The van der Waals surface area contributed by atoms with Crippen molar-refractivity contribution < 1.29 is 0 Å². The molecular weight excluding hydrogens is 172 g/mol. The number of benzene rings is 1. The molecule has 0 saturated heterocycles. The van der Waals surface area contributed by atoms with Crippen molar-refractivity contribution in [2.24, 2.45) is 7.05 Å². The topological polar surface area (TPSA) is 17.8 Å². The number of aryl methyl sites for hydroxylation is 2. The third-order valence-electron chi connectivity index (χ3n) is 2.00. The number of hydrogen-bond donors (Lipinski definition) is 0. The maximum Gasteiger partial charge on any atom is 0.0682 e. The highest BCUT2D eigenvalue weighted by Crippen LogP contribution is 2.21. The first kappa shape index (κ1) is 7.62. The molecule has 0 amide bonds. The Balaban J connectivity index is 2.90. The molecule has 1 aromatic carbocycles. The summed E-state index contributed by atoms with van der Waals surface area (Å²) in [4.78, 5) is 0. The van der Waals surface area contributed by atoms with Crippen LogP contribution in [-0.2, 0) is 7.05 Å². The minimum atomic E-state index is 0.763. The first-order valence-electron chi connectivity index (χ1n) is 3.77. The maximum absolute atomic E-state index is 5.86. The Morgan fingerprint density at radius 1 is 1.42 bits per heavy atom. The number of rotatable bonds is 0. The Labute approximate surface area is 75.8 Å². The van der Waals surface area contributed by atoms with Gasteiger partial charge in [-0.15, -0.1) is 0 Å². The van der Waals surface area contributed by atoms with Gasteiger partial charge in [-0.25, -0.2) is 0 Å². The van der Waals surface area contributed by atoms with Crippen LogP contribution in [0.4, 0.5) is 0 Å². The van der Waals surface area contributed by atoms with Crippen LogP contribution in [-0.4, -0.2) is 9.78 Å². The highest BCUT2D eigenvalue weighted by atomic mass is 35.5. The molecule has 0 spiro atoms. The summed E-state index contributed by atoms with van der Waals surface area (Å²) in [6.07, 6.45) is 0. The Morgan fingerprint density at radius 2 is 2.17 bits per heavy atom. The first-order valence-corrected chi connectivity index (χ1v) is 4.15. The molecule has 2 aromatic rings. The van der Waals surface area contributed by atoms with Crippen LogP contribution in [0.5, 0.6) is 0 Å². The van der Waals surface area contributed by atoms with Gasteiger partial charge in [0, 0.05) is 17.5 Å². The molecule has 2 rings (SSSR count). The highest BCUT2D eigenvalue weighted by molar-refractivity contribution is 6.31. The van der Waals surface area contributed by atoms with Crippen molar-refractivity contribution in [1.29, 1.82) is 0 Å². The fraction of sp³-hybridized carbons (Fsp3) is 0.222. The van der Waals surface area contributed by atoms with Gasteiger partial charge in [-0.05, 0) is 25.1 Å². The van der Waals surface area contributed by atoms with Gasteiger partial charge in [-0.3, -0.25) is 4.68 Å². The third-order valence-corrected chi connectivity index (χ3v) is 2.23. The lowest BCUT2D eigenvalue weighted by molar-refractivity contribution is 0.783. The zero-order chi connectivity index (χ0) is 8.72. The second-order valence-electron chi connectivity index (χ2n) is 2.87. The Kier molecular flexibility index (Phi) is 1.58. The Morgan fingerprint density at radius 3 is 2.92 bits per heavy atom. The summed E-state index contributed by atoms with van der Waals surface area (Å²) in [6, 6.07) is 5.81. The third kappa shape index (κ3) is 0.994. The van der Waals surface area contributed by atoms with Crippen molar-refractivity contribution >= 4 is 22.5 Å². The van der Waals surface area contributed by atoms with Gasteiger partial charge in [-0.2, -0.15) is 5.10 Å². The molecule has 0 unspecified atom stereocenters. The van der Waals surface area contributed by atoms with E-state index in [1.165, 1.54) is 0 Å². The molecule has 0 aliphatic heterocycles. The van der Waals surface area contributed by atoms with Crippen molar-refractivity contribution in [3.05, 3.63) is 28.9 Å². The summed E-state index contributed by atoms with van der Waals surface area (Å²) in [6.45, 7) is 1.98. The van der Waals surface area contributed by atoms with Crippen LogP contribution in [0.1, 0.15) is 5.69 Å². The summed E-state index contributed by atoms with van der Waals surface area (Å²) in [5, 5.41) is 6.18. The lowest BCUT2D eigenvalue weighted by atomic mass is 10.2. The van der Waals surface area contributed by atoms with Crippen LogP contribution < -0.4 is 0 Å². The lowest BCUT2D eigenvalue weighted by Crippen LogP contribution is -1.88. The van der Waals surface area contributed by atoms with Gasteiger partial charge in [0.05, 0.1) is 11.2 Å². The number of hydrogen-bond acceptors (Lipinski definition) is 1. The van der Waals surface area contributed by atoms with E-state index in [0.717, 1.165) is 21.6 Å². The number of aromatic nitrogens is 2. The van der Waals surface area contributed by atoms with Crippen molar-refractivity contribution in [3.8, 4) is 0 Å².